The van der Waals surface area contributed by atoms with Crippen LogP contribution in [0.1, 0.15) is 17.5 Å². The maximum Gasteiger partial charge on any atom is 0.00477 e. The van der Waals surface area contributed by atoms with Crippen LogP contribution in [0.5, 0.6) is 0 Å². The van der Waals surface area contributed by atoms with E-state index in [0.29, 0.717) is 5.92 Å². The van der Waals surface area contributed by atoms with E-state index in [9.17, 15) is 0 Å². The molecule has 0 spiro atoms. The topological polar surface area (TPSA) is 3.24 Å². The summed E-state index contributed by atoms with van der Waals surface area (Å²) in [6.45, 7) is 8.77. The Labute approximate surface area is 127 Å². The van der Waals surface area contributed by atoms with E-state index in [2.05, 4.69) is 74.0 Å². The SMILES string of the molecule is C=C(c1ccc(-c2ccc(C)cc2)cc1)C1CCN(C)C1. The first-order valence-electron chi connectivity index (χ1n) is 7.68. The van der Waals surface area contributed by atoms with Gasteiger partial charge in [-0.1, -0.05) is 60.7 Å². The average molecular weight is 277 g/mol. The fraction of sp³-hybridized carbons (Fsp3) is 0.300. The smallest absolute Gasteiger partial charge is 0.00477 e. The molecule has 0 N–H and O–H groups in total. The van der Waals surface area contributed by atoms with Gasteiger partial charge in [-0.3, -0.25) is 0 Å². The molecule has 2 aromatic rings. The summed E-state index contributed by atoms with van der Waals surface area (Å²) in [5.41, 5.74) is 6.42. The summed E-state index contributed by atoms with van der Waals surface area (Å²) in [6.07, 6.45) is 1.23. The van der Waals surface area contributed by atoms with Gasteiger partial charge in [0.2, 0.25) is 0 Å². The summed E-state index contributed by atoms with van der Waals surface area (Å²) in [5.74, 6) is 0.611. The fourth-order valence-corrected chi connectivity index (χ4v) is 3.08. The molecule has 21 heavy (non-hydrogen) atoms. The molecule has 2 aromatic carbocycles. The molecule has 1 saturated heterocycles. The Kier molecular flexibility index (Phi) is 3.94. The Morgan fingerprint density at radius 2 is 1.57 bits per heavy atom. The third-order valence-electron chi connectivity index (χ3n) is 4.52. The van der Waals surface area contributed by atoms with E-state index >= 15 is 0 Å². The lowest BCUT2D eigenvalue weighted by Crippen LogP contribution is -2.14. The van der Waals surface area contributed by atoms with Crippen molar-refractivity contribution in [2.75, 3.05) is 20.1 Å². The number of benzene rings is 2. The van der Waals surface area contributed by atoms with Crippen LogP contribution < -0.4 is 0 Å². The van der Waals surface area contributed by atoms with Gasteiger partial charge in [-0.2, -0.15) is 0 Å². The monoisotopic (exact) mass is 277 g/mol. The Bertz CT molecular complexity index is 622. The van der Waals surface area contributed by atoms with E-state index in [1.807, 2.05) is 0 Å². The van der Waals surface area contributed by atoms with Crippen molar-refractivity contribution in [1.29, 1.82) is 0 Å². The highest BCUT2D eigenvalue weighted by Crippen LogP contribution is 2.30. The highest BCUT2D eigenvalue weighted by atomic mass is 15.1. The molecule has 0 amide bonds. The van der Waals surface area contributed by atoms with Crippen LogP contribution in [-0.4, -0.2) is 25.0 Å². The second-order valence-corrected chi connectivity index (χ2v) is 6.22. The molecule has 1 nitrogen and oxygen atoms in total. The minimum atomic E-state index is 0.611. The summed E-state index contributed by atoms with van der Waals surface area (Å²) in [5, 5.41) is 0. The average Bonchev–Trinajstić information content (AvgIpc) is 2.94. The molecule has 1 atom stereocenters. The van der Waals surface area contributed by atoms with Crippen LogP contribution in [0.25, 0.3) is 16.7 Å². The van der Waals surface area contributed by atoms with Gasteiger partial charge in [-0.15, -0.1) is 0 Å². The van der Waals surface area contributed by atoms with Crippen molar-refractivity contribution in [3.8, 4) is 11.1 Å². The molecule has 1 unspecified atom stereocenters. The molecule has 0 bridgehead atoms. The summed E-state index contributed by atoms with van der Waals surface area (Å²) in [7, 11) is 2.19. The van der Waals surface area contributed by atoms with Gasteiger partial charge >= 0.3 is 0 Å². The first kappa shape index (κ1) is 14.1. The molecule has 0 saturated carbocycles. The Balaban J connectivity index is 1.77. The lowest BCUT2D eigenvalue weighted by Gasteiger charge is -2.14. The van der Waals surface area contributed by atoms with Crippen molar-refractivity contribution in [2.45, 2.75) is 13.3 Å². The fourth-order valence-electron chi connectivity index (χ4n) is 3.08. The second-order valence-electron chi connectivity index (χ2n) is 6.22. The molecule has 1 heteroatoms. The lowest BCUT2D eigenvalue weighted by molar-refractivity contribution is 0.409. The molecule has 1 aliphatic rings. The minimum Gasteiger partial charge on any atom is -0.306 e. The zero-order valence-corrected chi connectivity index (χ0v) is 13.0. The number of hydrogen-bond acceptors (Lipinski definition) is 1. The molecule has 0 aliphatic carbocycles. The largest absolute Gasteiger partial charge is 0.306 e. The normalized spacial score (nSPS) is 18.9. The van der Waals surface area contributed by atoms with Crippen LogP contribution in [-0.2, 0) is 0 Å². The third-order valence-corrected chi connectivity index (χ3v) is 4.52. The van der Waals surface area contributed by atoms with E-state index < -0.39 is 0 Å². The first-order chi connectivity index (χ1) is 10.1. The lowest BCUT2D eigenvalue weighted by atomic mass is 9.92. The Morgan fingerprint density at radius 1 is 1.00 bits per heavy atom. The van der Waals surface area contributed by atoms with Gasteiger partial charge in [0.05, 0.1) is 0 Å². The number of rotatable bonds is 3. The quantitative estimate of drug-likeness (QED) is 0.791. The van der Waals surface area contributed by atoms with E-state index in [0.717, 1.165) is 6.54 Å². The number of likely N-dealkylation sites (tertiary alicyclic amines) is 1. The predicted octanol–water partition coefficient (Wildman–Crippen LogP) is 4.63. The molecular weight excluding hydrogens is 254 g/mol. The van der Waals surface area contributed by atoms with Crippen LogP contribution in [0.4, 0.5) is 0 Å². The summed E-state index contributed by atoms with van der Waals surface area (Å²) in [6, 6.07) is 17.6. The second kappa shape index (κ2) is 5.87. The number of nitrogens with zero attached hydrogens (tertiary/aromatic N) is 1. The van der Waals surface area contributed by atoms with Crippen LogP contribution in [0, 0.1) is 12.8 Å². The van der Waals surface area contributed by atoms with Crippen molar-refractivity contribution in [3.05, 3.63) is 66.2 Å². The van der Waals surface area contributed by atoms with Crippen molar-refractivity contribution < 1.29 is 0 Å². The predicted molar refractivity (Wildman–Crippen MR) is 91.3 cm³/mol. The van der Waals surface area contributed by atoms with Crippen molar-refractivity contribution in [2.24, 2.45) is 5.92 Å². The highest BCUT2D eigenvalue weighted by molar-refractivity contribution is 5.70. The van der Waals surface area contributed by atoms with Crippen LogP contribution in [0.15, 0.2) is 55.1 Å². The van der Waals surface area contributed by atoms with Crippen LogP contribution >= 0.6 is 0 Å². The Morgan fingerprint density at radius 3 is 2.10 bits per heavy atom. The maximum atomic E-state index is 4.33. The molecule has 3 rings (SSSR count). The van der Waals surface area contributed by atoms with Crippen LogP contribution in [0.3, 0.4) is 0 Å². The molecule has 1 heterocycles. The minimum absolute atomic E-state index is 0.611. The summed E-state index contributed by atoms with van der Waals surface area (Å²) >= 11 is 0. The molecule has 0 aromatic heterocycles. The number of hydrogen-bond donors (Lipinski definition) is 0. The molecule has 1 aliphatic heterocycles. The third kappa shape index (κ3) is 3.08. The Hall–Kier alpha value is -1.86. The van der Waals surface area contributed by atoms with Crippen LogP contribution in [0.2, 0.25) is 0 Å². The zero-order valence-electron chi connectivity index (χ0n) is 13.0. The van der Waals surface area contributed by atoms with Gasteiger partial charge in [-0.25, -0.2) is 0 Å². The first-order valence-corrected chi connectivity index (χ1v) is 7.68. The summed E-state index contributed by atoms with van der Waals surface area (Å²) in [4.78, 5) is 2.39. The van der Waals surface area contributed by atoms with Gasteiger partial charge < -0.3 is 4.90 Å². The van der Waals surface area contributed by atoms with E-state index in [1.165, 1.54) is 40.8 Å². The highest BCUT2D eigenvalue weighted by Gasteiger charge is 2.22. The van der Waals surface area contributed by atoms with Gasteiger partial charge in [0.25, 0.3) is 0 Å². The molecular formula is C20H23N. The van der Waals surface area contributed by atoms with Crippen molar-refractivity contribution in [1.82, 2.24) is 4.90 Å². The van der Waals surface area contributed by atoms with E-state index in [4.69, 9.17) is 0 Å². The maximum absolute atomic E-state index is 4.33. The van der Waals surface area contributed by atoms with Gasteiger partial charge in [0.15, 0.2) is 0 Å². The van der Waals surface area contributed by atoms with Crippen molar-refractivity contribution >= 4 is 5.57 Å². The van der Waals surface area contributed by atoms with Gasteiger partial charge in [0.1, 0.15) is 0 Å². The zero-order chi connectivity index (χ0) is 14.8. The van der Waals surface area contributed by atoms with Gasteiger partial charge in [-0.05, 0) is 55.1 Å². The molecule has 1 fully saturated rings. The molecule has 0 radical (unpaired) electrons. The van der Waals surface area contributed by atoms with E-state index in [1.54, 1.807) is 0 Å². The molecule has 108 valence electrons. The number of aryl methyl sites for hydroxylation is 1. The summed E-state index contributed by atoms with van der Waals surface area (Å²) < 4.78 is 0. The van der Waals surface area contributed by atoms with E-state index in [-0.39, 0.29) is 0 Å². The van der Waals surface area contributed by atoms with Gasteiger partial charge in [0, 0.05) is 6.54 Å². The van der Waals surface area contributed by atoms with Crippen molar-refractivity contribution in [3.63, 3.8) is 0 Å². The standard InChI is InChI=1S/C20H23N/c1-15-4-6-18(7-5-15)19-10-8-17(9-11-19)16(2)20-12-13-21(3)14-20/h4-11,20H,2,12-14H2,1,3H3.